The molecule has 1 atom stereocenters. The van der Waals surface area contributed by atoms with Gasteiger partial charge < -0.3 is 0 Å². The second-order valence-corrected chi connectivity index (χ2v) is 7.22. The molecule has 2 aromatic carbocycles. The van der Waals surface area contributed by atoms with Gasteiger partial charge in [0, 0.05) is 6.04 Å². The van der Waals surface area contributed by atoms with Crippen LogP contribution in [0.1, 0.15) is 43.9 Å². The average molecular weight is 317 g/mol. The molecule has 0 radical (unpaired) electrons. The summed E-state index contributed by atoms with van der Waals surface area (Å²) in [5.41, 5.74) is 2.13. The van der Waals surface area contributed by atoms with E-state index < -0.39 is 10.0 Å². The maximum atomic E-state index is 12.4. The maximum absolute atomic E-state index is 12.4. The first-order chi connectivity index (χ1) is 10.5. The Kier molecular flexibility index (Phi) is 5.75. The minimum Gasteiger partial charge on any atom is -0.207 e. The number of nitrogens with one attached hydrogen (secondary N) is 1. The zero-order valence-corrected chi connectivity index (χ0v) is 13.9. The molecule has 0 bridgehead atoms. The van der Waals surface area contributed by atoms with Crippen LogP contribution in [0.15, 0.2) is 59.5 Å². The van der Waals surface area contributed by atoms with Crippen LogP contribution in [0.4, 0.5) is 0 Å². The molecule has 0 aliphatic rings. The van der Waals surface area contributed by atoms with Gasteiger partial charge in [-0.15, -0.1) is 0 Å². The van der Waals surface area contributed by atoms with E-state index in [1.54, 1.807) is 12.1 Å². The molecule has 3 nitrogen and oxygen atoms in total. The van der Waals surface area contributed by atoms with Crippen LogP contribution in [0.5, 0.6) is 0 Å². The first-order valence-corrected chi connectivity index (χ1v) is 9.17. The molecule has 0 heterocycles. The highest BCUT2D eigenvalue weighted by Crippen LogP contribution is 2.17. The van der Waals surface area contributed by atoms with E-state index in [4.69, 9.17) is 0 Å². The maximum Gasteiger partial charge on any atom is 0.241 e. The van der Waals surface area contributed by atoms with E-state index in [2.05, 4.69) is 11.6 Å². The van der Waals surface area contributed by atoms with Crippen molar-refractivity contribution >= 4 is 10.0 Å². The largest absolute Gasteiger partial charge is 0.241 e. The molecule has 0 saturated heterocycles. The molecule has 0 aliphatic heterocycles. The molecule has 2 rings (SSSR count). The zero-order valence-electron chi connectivity index (χ0n) is 13.1. The van der Waals surface area contributed by atoms with E-state index in [-0.39, 0.29) is 6.04 Å². The molecule has 0 saturated carbocycles. The van der Waals surface area contributed by atoms with E-state index in [0.29, 0.717) is 4.90 Å². The highest BCUT2D eigenvalue weighted by atomic mass is 32.2. The predicted molar refractivity (Wildman–Crippen MR) is 90.2 cm³/mol. The summed E-state index contributed by atoms with van der Waals surface area (Å²) in [6.45, 7) is 4.00. The van der Waals surface area contributed by atoms with Crippen molar-refractivity contribution in [2.75, 3.05) is 0 Å². The lowest BCUT2D eigenvalue weighted by Gasteiger charge is -2.15. The van der Waals surface area contributed by atoms with Crippen LogP contribution < -0.4 is 4.72 Å². The van der Waals surface area contributed by atoms with Gasteiger partial charge in [0.1, 0.15) is 0 Å². The summed E-state index contributed by atoms with van der Waals surface area (Å²) in [6.07, 6.45) is 3.25. The summed E-state index contributed by atoms with van der Waals surface area (Å²) in [4.78, 5) is 0.315. The van der Waals surface area contributed by atoms with Crippen molar-refractivity contribution in [2.24, 2.45) is 0 Å². The summed E-state index contributed by atoms with van der Waals surface area (Å²) in [5, 5.41) is 0. The van der Waals surface area contributed by atoms with Crippen molar-refractivity contribution in [3.05, 3.63) is 65.7 Å². The topological polar surface area (TPSA) is 46.2 Å². The molecule has 0 fully saturated rings. The summed E-state index contributed by atoms with van der Waals surface area (Å²) in [5.74, 6) is 0. The Morgan fingerprint density at radius 1 is 1.00 bits per heavy atom. The van der Waals surface area contributed by atoms with Crippen molar-refractivity contribution in [3.8, 4) is 0 Å². The van der Waals surface area contributed by atoms with E-state index in [0.717, 1.165) is 24.8 Å². The number of benzene rings is 2. The second kappa shape index (κ2) is 7.56. The van der Waals surface area contributed by atoms with Crippen LogP contribution in [-0.4, -0.2) is 8.42 Å². The summed E-state index contributed by atoms with van der Waals surface area (Å²) in [7, 11) is -3.49. The lowest BCUT2D eigenvalue weighted by molar-refractivity contribution is 0.567. The van der Waals surface area contributed by atoms with Gasteiger partial charge in [-0.05, 0) is 43.0 Å². The minimum absolute atomic E-state index is 0.258. The molecule has 0 aromatic heterocycles. The third kappa shape index (κ3) is 4.42. The zero-order chi connectivity index (χ0) is 16.0. The third-order valence-electron chi connectivity index (χ3n) is 3.68. The Hall–Kier alpha value is -1.65. The molecule has 1 unspecified atom stereocenters. The SMILES string of the molecule is CCCCc1ccc(S(=O)(=O)NC(C)c2ccccc2)cc1. The Morgan fingerprint density at radius 2 is 1.64 bits per heavy atom. The van der Waals surface area contributed by atoms with Gasteiger partial charge in [0.15, 0.2) is 0 Å². The van der Waals surface area contributed by atoms with Crippen molar-refractivity contribution in [2.45, 2.75) is 44.0 Å². The van der Waals surface area contributed by atoms with E-state index in [1.807, 2.05) is 49.4 Å². The molecule has 2 aromatic rings. The van der Waals surface area contributed by atoms with Crippen molar-refractivity contribution < 1.29 is 8.42 Å². The van der Waals surface area contributed by atoms with Crippen LogP contribution in [0.2, 0.25) is 0 Å². The number of unbranched alkanes of at least 4 members (excludes halogenated alkanes) is 1. The van der Waals surface area contributed by atoms with Gasteiger partial charge in [0.2, 0.25) is 10.0 Å². The fourth-order valence-electron chi connectivity index (χ4n) is 2.33. The van der Waals surface area contributed by atoms with Crippen molar-refractivity contribution in [3.63, 3.8) is 0 Å². The Morgan fingerprint density at radius 3 is 2.23 bits per heavy atom. The number of rotatable bonds is 7. The molecule has 0 amide bonds. The van der Waals surface area contributed by atoms with Gasteiger partial charge in [-0.2, -0.15) is 0 Å². The van der Waals surface area contributed by atoms with Gasteiger partial charge in [-0.1, -0.05) is 55.8 Å². The average Bonchev–Trinajstić information content (AvgIpc) is 2.53. The third-order valence-corrected chi connectivity index (χ3v) is 5.24. The lowest BCUT2D eigenvalue weighted by atomic mass is 10.1. The van der Waals surface area contributed by atoms with Crippen LogP contribution in [-0.2, 0) is 16.4 Å². The fourth-order valence-corrected chi connectivity index (χ4v) is 3.56. The van der Waals surface area contributed by atoms with Gasteiger partial charge in [0.05, 0.1) is 4.90 Å². The van der Waals surface area contributed by atoms with E-state index in [9.17, 15) is 8.42 Å². The van der Waals surface area contributed by atoms with E-state index >= 15 is 0 Å². The molecular formula is C18H23NO2S. The first kappa shape index (κ1) is 16.7. The van der Waals surface area contributed by atoms with Gasteiger partial charge >= 0.3 is 0 Å². The van der Waals surface area contributed by atoms with Crippen LogP contribution in [0, 0.1) is 0 Å². The molecule has 0 spiro atoms. The highest BCUT2D eigenvalue weighted by Gasteiger charge is 2.18. The summed E-state index contributed by atoms with van der Waals surface area (Å²) < 4.78 is 27.6. The van der Waals surface area contributed by atoms with Gasteiger partial charge in [-0.25, -0.2) is 13.1 Å². The van der Waals surface area contributed by atoms with Crippen molar-refractivity contribution in [1.29, 1.82) is 0 Å². The second-order valence-electron chi connectivity index (χ2n) is 5.50. The molecule has 1 N–H and O–H groups in total. The highest BCUT2D eigenvalue weighted by molar-refractivity contribution is 7.89. The minimum atomic E-state index is -3.49. The monoisotopic (exact) mass is 317 g/mol. The molecule has 22 heavy (non-hydrogen) atoms. The molecule has 0 aliphatic carbocycles. The number of sulfonamides is 1. The lowest BCUT2D eigenvalue weighted by Crippen LogP contribution is -2.26. The van der Waals surface area contributed by atoms with Crippen molar-refractivity contribution in [1.82, 2.24) is 4.72 Å². The number of hydrogen-bond donors (Lipinski definition) is 1. The Balaban J connectivity index is 2.10. The summed E-state index contributed by atoms with van der Waals surface area (Å²) in [6, 6.07) is 16.5. The van der Waals surface area contributed by atoms with Crippen LogP contribution in [0.3, 0.4) is 0 Å². The Bertz CT molecular complexity index is 679. The number of aryl methyl sites for hydroxylation is 1. The normalized spacial score (nSPS) is 13.0. The standard InChI is InChI=1S/C18H23NO2S/c1-3-4-8-16-11-13-18(14-12-16)22(20,21)19-15(2)17-9-6-5-7-10-17/h5-7,9-15,19H,3-4,8H2,1-2H3. The van der Waals surface area contributed by atoms with Crippen LogP contribution >= 0.6 is 0 Å². The predicted octanol–water partition coefficient (Wildman–Crippen LogP) is 4.07. The fraction of sp³-hybridized carbons (Fsp3) is 0.333. The van der Waals surface area contributed by atoms with Crippen LogP contribution in [0.25, 0.3) is 0 Å². The smallest absolute Gasteiger partial charge is 0.207 e. The first-order valence-electron chi connectivity index (χ1n) is 7.69. The quantitative estimate of drug-likeness (QED) is 0.836. The van der Waals surface area contributed by atoms with E-state index in [1.165, 1.54) is 5.56 Å². The molecular weight excluding hydrogens is 294 g/mol. The molecule has 118 valence electrons. The van der Waals surface area contributed by atoms with Gasteiger partial charge in [0.25, 0.3) is 0 Å². The Labute approximate surface area is 133 Å². The molecule has 4 heteroatoms. The van der Waals surface area contributed by atoms with Gasteiger partial charge in [-0.3, -0.25) is 0 Å². The summed E-state index contributed by atoms with van der Waals surface area (Å²) >= 11 is 0. The number of hydrogen-bond acceptors (Lipinski definition) is 2.